The van der Waals surface area contributed by atoms with Crippen molar-refractivity contribution in [2.45, 2.75) is 25.8 Å². The maximum absolute atomic E-state index is 8.87. The quantitative estimate of drug-likeness (QED) is 0.690. The number of rotatable bonds is 5. The minimum Gasteiger partial charge on any atom is -0.396 e. The van der Waals surface area contributed by atoms with Gasteiger partial charge in [0, 0.05) is 18.8 Å². The second-order valence-corrected chi connectivity index (χ2v) is 3.49. The van der Waals surface area contributed by atoms with E-state index in [-0.39, 0.29) is 12.6 Å². The number of hydrogen-bond donors (Lipinski definition) is 3. The van der Waals surface area contributed by atoms with Crippen molar-refractivity contribution in [3.05, 3.63) is 17.8 Å². The van der Waals surface area contributed by atoms with Gasteiger partial charge in [-0.25, -0.2) is 4.98 Å². The molecule has 86 valence electrons. The van der Waals surface area contributed by atoms with E-state index in [1.807, 2.05) is 13.0 Å². The minimum absolute atomic E-state index is 0.114. The molecule has 1 heterocycles. The van der Waals surface area contributed by atoms with Crippen molar-refractivity contribution in [3.8, 4) is 6.07 Å². The van der Waals surface area contributed by atoms with Crippen molar-refractivity contribution in [2.24, 2.45) is 0 Å². The molecular formula is C11H16N4O. The fourth-order valence-electron chi connectivity index (χ4n) is 1.41. The van der Waals surface area contributed by atoms with E-state index in [0.29, 0.717) is 23.5 Å². The SMILES string of the molecule is CCC(CCO)Nc1nccc(C#N)c1N. The number of nitrogens with two attached hydrogens (primary N) is 1. The van der Waals surface area contributed by atoms with E-state index < -0.39 is 0 Å². The monoisotopic (exact) mass is 220 g/mol. The average molecular weight is 220 g/mol. The number of aliphatic hydroxyl groups is 1. The summed E-state index contributed by atoms with van der Waals surface area (Å²) in [6, 6.07) is 3.70. The number of anilines is 2. The van der Waals surface area contributed by atoms with Gasteiger partial charge in [-0.2, -0.15) is 5.26 Å². The Labute approximate surface area is 94.9 Å². The Bertz CT molecular complexity index is 386. The number of aliphatic hydroxyl groups excluding tert-OH is 1. The molecule has 0 spiro atoms. The molecule has 1 aromatic heterocycles. The normalized spacial score (nSPS) is 11.8. The fourth-order valence-corrected chi connectivity index (χ4v) is 1.41. The summed E-state index contributed by atoms with van der Waals surface area (Å²) in [5.41, 5.74) is 6.56. The third-order valence-electron chi connectivity index (χ3n) is 2.42. The number of nitrogen functional groups attached to an aromatic ring is 1. The molecule has 4 N–H and O–H groups in total. The Balaban J connectivity index is 2.84. The first kappa shape index (κ1) is 12.3. The Morgan fingerprint density at radius 1 is 1.69 bits per heavy atom. The van der Waals surface area contributed by atoms with Gasteiger partial charge in [-0.1, -0.05) is 6.92 Å². The summed E-state index contributed by atoms with van der Waals surface area (Å²) in [7, 11) is 0. The van der Waals surface area contributed by atoms with Crippen LogP contribution in [-0.4, -0.2) is 22.7 Å². The maximum atomic E-state index is 8.87. The van der Waals surface area contributed by atoms with Crippen molar-refractivity contribution in [1.29, 1.82) is 5.26 Å². The first-order valence-corrected chi connectivity index (χ1v) is 5.24. The van der Waals surface area contributed by atoms with E-state index in [2.05, 4.69) is 10.3 Å². The average Bonchev–Trinajstić information content (AvgIpc) is 2.31. The molecule has 0 saturated heterocycles. The van der Waals surface area contributed by atoms with Gasteiger partial charge in [0.1, 0.15) is 6.07 Å². The molecule has 0 aliphatic heterocycles. The number of nitrogens with zero attached hydrogens (tertiary/aromatic N) is 2. The lowest BCUT2D eigenvalue weighted by molar-refractivity contribution is 0.278. The van der Waals surface area contributed by atoms with E-state index in [1.54, 1.807) is 12.3 Å². The smallest absolute Gasteiger partial charge is 0.150 e. The Kier molecular flexibility index (Phi) is 4.55. The van der Waals surface area contributed by atoms with Gasteiger partial charge < -0.3 is 16.2 Å². The number of nitriles is 1. The van der Waals surface area contributed by atoms with Gasteiger partial charge in [-0.3, -0.25) is 0 Å². The predicted octanol–water partition coefficient (Wildman–Crippen LogP) is 1.11. The van der Waals surface area contributed by atoms with Crippen LogP contribution in [0.3, 0.4) is 0 Å². The van der Waals surface area contributed by atoms with Crippen LogP contribution < -0.4 is 11.1 Å². The molecule has 1 aromatic rings. The van der Waals surface area contributed by atoms with Gasteiger partial charge >= 0.3 is 0 Å². The molecule has 16 heavy (non-hydrogen) atoms. The molecule has 0 fully saturated rings. The molecule has 0 amide bonds. The summed E-state index contributed by atoms with van der Waals surface area (Å²) in [6.45, 7) is 2.13. The van der Waals surface area contributed by atoms with E-state index in [4.69, 9.17) is 16.1 Å². The minimum atomic E-state index is 0.114. The number of pyridine rings is 1. The molecule has 5 heteroatoms. The topological polar surface area (TPSA) is 95.0 Å². The van der Waals surface area contributed by atoms with Gasteiger partial charge in [-0.15, -0.1) is 0 Å². The van der Waals surface area contributed by atoms with E-state index >= 15 is 0 Å². The van der Waals surface area contributed by atoms with E-state index in [1.165, 1.54) is 0 Å². The Morgan fingerprint density at radius 2 is 2.44 bits per heavy atom. The summed E-state index contributed by atoms with van der Waals surface area (Å²) in [6.07, 6.45) is 3.04. The number of nitrogens with one attached hydrogen (secondary N) is 1. The van der Waals surface area contributed by atoms with Crippen LogP contribution in [0.15, 0.2) is 12.3 Å². The highest BCUT2D eigenvalue weighted by molar-refractivity contribution is 5.69. The van der Waals surface area contributed by atoms with Gasteiger partial charge in [0.05, 0.1) is 11.3 Å². The summed E-state index contributed by atoms with van der Waals surface area (Å²) in [5.74, 6) is 0.513. The second-order valence-electron chi connectivity index (χ2n) is 3.49. The van der Waals surface area contributed by atoms with Crippen molar-refractivity contribution in [3.63, 3.8) is 0 Å². The van der Waals surface area contributed by atoms with E-state index in [0.717, 1.165) is 6.42 Å². The summed E-state index contributed by atoms with van der Waals surface area (Å²) in [4.78, 5) is 4.09. The van der Waals surface area contributed by atoms with Crippen LogP contribution in [0.5, 0.6) is 0 Å². The maximum Gasteiger partial charge on any atom is 0.150 e. The molecular weight excluding hydrogens is 204 g/mol. The third-order valence-corrected chi connectivity index (χ3v) is 2.42. The van der Waals surface area contributed by atoms with Crippen LogP contribution in [0.2, 0.25) is 0 Å². The number of aromatic nitrogens is 1. The zero-order valence-corrected chi connectivity index (χ0v) is 9.27. The lowest BCUT2D eigenvalue weighted by Crippen LogP contribution is -2.21. The second kappa shape index (κ2) is 5.93. The largest absolute Gasteiger partial charge is 0.396 e. The fraction of sp³-hybridized carbons (Fsp3) is 0.455. The molecule has 1 rings (SSSR count). The van der Waals surface area contributed by atoms with Crippen molar-refractivity contribution < 1.29 is 5.11 Å². The highest BCUT2D eigenvalue weighted by atomic mass is 16.3. The number of hydrogen-bond acceptors (Lipinski definition) is 5. The summed E-state index contributed by atoms with van der Waals surface area (Å²) in [5, 5.41) is 20.8. The van der Waals surface area contributed by atoms with Crippen molar-refractivity contribution in [1.82, 2.24) is 4.98 Å². The van der Waals surface area contributed by atoms with E-state index in [9.17, 15) is 0 Å². The molecule has 0 saturated carbocycles. The predicted molar refractivity (Wildman–Crippen MR) is 62.8 cm³/mol. The van der Waals surface area contributed by atoms with Crippen LogP contribution in [0, 0.1) is 11.3 Å². The lowest BCUT2D eigenvalue weighted by Gasteiger charge is -2.17. The molecule has 5 nitrogen and oxygen atoms in total. The Hall–Kier alpha value is -1.80. The van der Waals surface area contributed by atoms with Crippen LogP contribution in [-0.2, 0) is 0 Å². The van der Waals surface area contributed by atoms with Gasteiger partial charge in [0.2, 0.25) is 0 Å². The van der Waals surface area contributed by atoms with Crippen LogP contribution in [0.25, 0.3) is 0 Å². The molecule has 0 aromatic carbocycles. The van der Waals surface area contributed by atoms with Crippen LogP contribution in [0.1, 0.15) is 25.3 Å². The van der Waals surface area contributed by atoms with Crippen molar-refractivity contribution >= 4 is 11.5 Å². The zero-order chi connectivity index (χ0) is 12.0. The molecule has 1 unspecified atom stereocenters. The molecule has 0 aliphatic rings. The molecule has 0 aliphatic carbocycles. The standard InChI is InChI=1S/C11H16N4O/c1-2-9(4-6-16)15-11-10(13)8(7-12)3-5-14-11/h3,5,9,16H,2,4,6,13H2,1H3,(H,14,15). The lowest BCUT2D eigenvalue weighted by atomic mass is 10.1. The molecule has 0 bridgehead atoms. The first-order valence-electron chi connectivity index (χ1n) is 5.24. The van der Waals surface area contributed by atoms with Gasteiger partial charge in [0.25, 0.3) is 0 Å². The van der Waals surface area contributed by atoms with Crippen LogP contribution >= 0.6 is 0 Å². The molecule has 0 radical (unpaired) electrons. The van der Waals surface area contributed by atoms with Gasteiger partial charge in [-0.05, 0) is 18.9 Å². The Morgan fingerprint density at radius 3 is 3.00 bits per heavy atom. The van der Waals surface area contributed by atoms with Crippen LogP contribution in [0.4, 0.5) is 11.5 Å². The van der Waals surface area contributed by atoms with Gasteiger partial charge in [0.15, 0.2) is 5.82 Å². The summed E-state index contributed by atoms with van der Waals surface area (Å²) >= 11 is 0. The summed E-state index contributed by atoms with van der Waals surface area (Å²) < 4.78 is 0. The first-order chi connectivity index (χ1) is 7.72. The molecule has 1 atom stereocenters. The highest BCUT2D eigenvalue weighted by Gasteiger charge is 2.10. The highest BCUT2D eigenvalue weighted by Crippen LogP contribution is 2.20. The van der Waals surface area contributed by atoms with Crippen molar-refractivity contribution in [2.75, 3.05) is 17.7 Å². The zero-order valence-electron chi connectivity index (χ0n) is 9.27. The third kappa shape index (κ3) is 2.84.